The number of esters is 4. The van der Waals surface area contributed by atoms with E-state index in [0.717, 1.165) is 121 Å². The second kappa shape index (κ2) is 72.1. The fraction of sp³-hybridized carbons (Fsp3) is 0.901. The van der Waals surface area contributed by atoms with E-state index in [2.05, 4.69) is 65.8 Å². The number of allylic oxidation sites excluding steroid dienone is 4. The van der Waals surface area contributed by atoms with Crippen LogP contribution in [0.25, 0.3) is 0 Å². The monoisotopic (exact) mass is 1460 g/mol. The summed E-state index contributed by atoms with van der Waals surface area (Å²) in [5, 5.41) is 10.6. The van der Waals surface area contributed by atoms with Gasteiger partial charge < -0.3 is 33.8 Å². The smallest absolute Gasteiger partial charge is 0.462 e. The van der Waals surface area contributed by atoms with E-state index in [1.165, 1.54) is 193 Å². The Balaban J connectivity index is 5.24. The van der Waals surface area contributed by atoms with E-state index in [-0.39, 0.29) is 25.7 Å². The molecule has 0 aliphatic heterocycles. The molecule has 0 aromatic carbocycles. The lowest BCUT2D eigenvalue weighted by molar-refractivity contribution is -0.161. The summed E-state index contributed by atoms with van der Waals surface area (Å²) in [5.74, 6) is -0.689. The fourth-order valence-electron chi connectivity index (χ4n) is 12.0. The largest absolute Gasteiger partial charge is 0.472 e. The number of carbonyl (C=O) groups excluding carboxylic acids is 4. The number of phosphoric acid groups is 2. The number of aliphatic hydroxyl groups is 1. The number of hydrogen-bond donors (Lipinski definition) is 3. The van der Waals surface area contributed by atoms with E-state index in [1.807, 2.05) is 0 Å². The van der Waals surface area contributed by atoms with E-state index >= 15 is 0 Å². The second-order valence-electron chi connectivity index (χ2n) is 29.4. The van der Waals surface area contributed by atoms with Gasteiger partial charge in [-0.05, 0) is 63.2 Å². The molecule has 0 radical (unpaired) electrons. The minimum absolute atomic E-state index is 0.102. The Morgan fingerprint density at radius 3 is 0.820 bits per heavy atom. The minimum Gasteiger partial charge on any atom is -0.462 e. The van der Waals surface area contributed by atoms with Gasteiger partial charge in [0.1, 0.15) is 19.3 Å². The van der Waals surface area contributed by atoms with E-state index in [9.17, 15) is 43.2 Å². The number of rotatable bonds is 78. The van der Waals surface area contributed by atoms with Gasteiger partial charge in [-0.25, -0.2) is 9.13 Å². The highest BCUT2D eigenvalue weighted by Gasteiger charge is 2.30. The molecule has 0 aromatic heterocycles. The summed E-state index contributed by atoms with van der Waals surface area (Å²) in [6.07, 6.45) is 64.9. The van der Waals surface area contributed by atoms with E-state index in [4.69, 9.17) is 37.0 Å². The number of unbranched alkanes of at least 4 members (excludes halogenated alkanes) is 45. The summed E-state index contributed by atoms with van der Waals surface area (Å²) in [6.45, 7) is 9.49. The van der Waals surface area contributed by atoms with Crippen LogP contribution in [0.5, 0.6) is 0 Å². The third kappa shape index (κ3) is 73.8. The van der Waals surface area contributed by atoms with Gasteiger partial charge in [0, 0.05) is 25.7 Å². The molecule has 19 heteroatoms. The lowest BCUT2D eigenvalue weighted by atomic mass is 10.0. The molecule has 0 amide bonds. The zero-order valence-electron chi connectivity index (χ0n) is 65.0. The highest BCUT2D eigenvalue weighted by molar-refractivity contribution is 7.47. The quantitative estimate of drug-likeness (QED) is 0.0169. The molecule has 2 unspecified atom stereocenters. The van der Waals surface area contributed by atoms with Crippen molar-refractivity contribution >= 4 is 39.5 Å². The molecular weight excluding hydrogens is 1310 g/mol. The van der Waals surface area contributed by atoms with Gasteiger partial charge in [0.2, 0.25) is 0 Å². The Morgan fingerprint density at radius 2 is 0.540 bits per heavy atom. The van der Waals surface area contributed by atoms with Gasteiger partial charge >= 0.3 is 39.5 Å². The highest BCUT2D eigenvalue weighted by atomic mass is 31.2. The van der Waals surface area contributed by atoms with E-state index in [1.54, 1.807) is 0 Å². The lowest BCUT2D eigenvalue weighted by Gasteiger charge is -2.21. The molecule has 0 heterocycles. The molecule has 100 heavy (non-hydrogen) atoms. The first kappa shape index (κ1) is 97.5. The van der Waals surface area contributed by atoms with Crippen LogP contribution in [0.3, 0.4) is 0 Å². The van der Waals surface area contributed by atoms with Crippen LogP contribution >= 0.6 is 15.6 Å². The van der Waals surface area contributed by atoms with Crippen LogP contribution in [-0.2, 0) is 65.4 Å². The van der Waals surface area contributed by atoms with Gasteiger partial charge in [-0.2, -0.15) is 0 Å². The molecule has 0 bridgehead atoms. The molecule has 0 aliphatic rings. The average molecular weight is 1460 g/mol. The van der Waals surface area contributed by atoms with Crippen molar-refractivity contribution in [3.63, 3.8) is 0 Å². The number of carbonyl (C=O) groups is 4. The molecule has 0 aliphatic carbocycles. The summed E-state index contributed by atoms with van der Waals surface area (Å²) in [5.41, 5.74) is 0. The highest BCUT2D eigenvalue weighted by Crippen LogP contribution is 2.45. The van der Waals surface area contributed by atoms with Gasteiger partial charge in [-0.15, -0.1) is 0 Å². The number of aliphatic hydroxyl groups excluding tert-OH is 1. The Labute approximate surface area is 612 Å². The van der Waals surface area contributed by atoms with Crippen molar-refractivity contribution in [2.75, 3.05) is 39.6 Å². The SMILES string of the molecule is CCCCCC/C=C\C=C/CCCCCCCC(=O)OC[C@H](COP(=O)(O)OC[C@@H](O)COP(=O)(O)OC[C@@H](COC(=O)CCCCCCCCCC(C)C)OC(=O)CCCCCCCCCCCCC(C)C)OC(=O)CCCCCCCCCCCCCCCCCCCCCCCC. The predicted octanol–water partition coefficient (Wildman–Crippen LogP) is 23.8. The molecule has 0 rings (SSSR count). The zero-order valence-corrected chi connectivity index (χ0v) is 66.8. The second-order valence-corrected chi connectivity index (χ2v) is 32.3. The standard InChI is InChI=1S/C81H154O17P2/c1-7-9-11-13-15-17-19-21-23-24-25-26-27-28-29-31-33-35-40-46-53-59-65-80(85)97-76(69-91-78(83)63-57-51-45-39-34-32-30-22-20-18-16-14-12-10-8-2)71-95-99(87,88)93-67-75(82)68-94-100(89,90)96-72-77(70-92-79(84)64-58-52-48-42-44-50-56-62-74(5)6)98-81(86)66-60-54-47-41-37-36-38-43-49-55-61-73(3)4/h18,20,22,30,73-77,82H,7-17,19,21,23-29,31-72H2,1-6H3,(H,87,88)(H,89,90)/b20-18-,30-22-/t75-,76-,77-/m1/s1. The van der Waals surface area contributed by atoms with Crippen LogP contribution in [0.4, 0.5) is 0 Å². The Kier molecular flexibility index (Phi) is 70.3. The van der Waals surface area contributed by atoms with Crippen molar-refractivity contribution in [1.82, 2.24) is 0 Å². The maximum Gasteiger partial charge on any atom is 0.472 e. The van der Waals surface area contributed by atoms with Crippen molar-refractivity contribution < 1.29 is 80.2 Å². The molecule has 5 atom stereocenters. The number of ether oxygens (including phenoxy) is 4. The summed E-state index contributed by atoms with van der Waals surface area (Å²) in [6, 6.07) is 0. The van der Waals surface area contributed by atoms with Crippen LogP contribution in [0.1, 0.15) is 401 Å². The molecule has 0 aromatic rings. The van der Waals surface area contributed by atoms with Gasteiger partial charge in [0.25, 0.3) is 0 Å². The minimum atomic E-state index is -4.97. The maximum absolute atomic E-state index is 13.1. The van der Waals surface area contributed by atoms with Crippen molar-refractivity contribution in [3.8, 4) is 0 Å². The van der Waals surface area contributed by atoms with Crippen LogP contribution < -0.4 is 0 Å². The molecule has 0 spiro atoms. The van der Waals surface area contributed by atoms with Crippen LogP contribution in [0.15, 0.2) is 24.3 Å². The van der Waals surface area contributed by atoms with E-state index in [0.29, 0.717) is 31.6 Å². The van der Waals surface area contributed by atoms with Crippen LogP contribution in [0, 0.1) is 11.8 Å². The first-order chi connectivity index (χ1) is 48.4. The molecular formula is C81H154O17P2. The van der Waals surface area contributed by atoms with Crippen molar-refractivity contribution in [3.05, 3.63) is 24.3 Å². The van der Waals surface area contributed by atoms with Crippen LogP contribution in [-0.4, -0.2) is 96.7 Å². The predicted molar refractivity (Wildman–Crippen MR) is 409 cm³/mol. The molecule has 3 N–H and O–H groups in total. The van der Waals surface area contributed by atoms with Crippen LogP contribution in [0.2, 0.25) is 0 Å². The van der Waals surface area contributed by atoms with Gasteiger partial charge in [-0.1, -0.05) is 348 Å². The van der Waals surface area contributed by atoms with Crippen molar-refractivity contribution in [2.45, 2.75) is 419 Å². The summed E-state index contributed by atoms with van der Waals surface area (Å²) < 4.78 is 68.6. The lowest BCUT2D eigenvalue weighted by Crippen LogP contribution is -2.30. The Bertz CT molecular complexity index is 2020. The van der Waals surface area contributed by atoms with Gasteiger partial charge in [-0.3, -0.25) is 37.3 Å². The topological polar surface area (TPSA) is 237 Å². The first-order valence-electron chi connectivity index (χ1n) is 41.3. The molecule has 590 valence electrons. The Morgan fingerprint density at radius 1 is 0.310 bits per heavy atom. The molecule has 0 saturated heterocycles. The summed E-state index contributed by atoms with van der Waals surface area (Å²) in [4.78, 5) is 72.9. The fourth-order valence-corrected chi connectivity index (χ4v) is 13.6. The third-order valence-corrected chi connectivity index (χ3v) is 20.2. The Hall–Kier alpha value is -2.46. The van der Waals surface area contributed by atoms with Gasteiger partial charge in [0.05, 0.1) is 26.4 Å². The van der Waals surface area contributed by atoms with Gasteiger partial charge in [0.15, 0.2) is 12.2 Å². The van der Waals surface area contributed by atoms with Crippen molar-refractivity contribution in [1.29, 1.82) is 0 Å². The number of hydrogen-bond acceptors (Lipinski definition) is 15. The van der Waals surface area contributed by atoms with Crippen molar-refractivity contribution in [2.24, 2.45) is 11.8 Å². The number of phosphoric ester groups is 2. The molecule has 17 nitrogen and oxygen atoms in total. The zero-order chi connectivity index (χ0) is 73.5. The normalized spacial score (nSPS) is 14.1. The summed E-state index contributed by atoms with van der Waals surface area (Å²) >= 11 is 0. The maximum atomic E-state index is 13.1. The molecule has 0 saturated carbocycles. The van der Waals surface area contributed by atoms with E-state index < -0.39 is 97.5 Å². The average Bonchev–Trinajstić information content (AvgIpc) is 0.927. The summed E-state index contributed by atoms with van der Waals surface area (Å²) in [7, 11) is -9.93. The molecule has 0 fully saturated rings. The first-order valence-corrected chi connectivity index (χ1v) is 44.3. The third-order valence-electron chi connectivity index (χ3n) is 18.3.